The number of nitrogens with zero attached hydrogens (tertiary/aromatic N) is 3. The summed E-state index contributed by atoms with van der Waals surface area (Å²) in [5, 5.41) is 25.1. The van der Waals surface area contributed by atoms with E-state index in [1.54, 1.807) is 24.5 Å². The molecule has 0 radical (unpaired) electrons. The van der Waals surface area contributed by atoms with Crippen LogP contribution in [0.1, 0.15) is 38.1 Å². The highest BCUT2D eigenvalue weighted by atomic mass is 35.5. The van der Waals surface area contributed by atoms with E-state index in [4.69, 9.17) is 11.6 Å². The molecule has 0 saturated heterocycles. The molecule has 3 aromatic heterocycles. The first-order chi connectivity index (χ1) is 14.7. The highest BCUT2D eigenvalue weighted by Gasteiger charge is 2.49. The number of rotatable bonds is 5. The van der Waals surface area contributed by atoms with Crippen LogP contribution >= 0.6 is 22.9 Å². The third kappa shape index (κ3) is 4.56. The monoisotopic (exact) mass is 458 g/mol. The van der Waals surface area contributed by atoms with Gasteiger partial charge in [-0.05, 0) is 48.9 Å². The molecule has 0 amide bonds. The van der Waals surface area contributed by atoms with Crippen LogP contribution in [0, 0.1) is 11.3 Å². The molecule has 0 bridgehead atoms. The maximum atomic E-state index is 11.6. The third-order valence-electron chi connectivity index (χ3n) is 5.72. The number of anilines is 2. The van der Waals surface area contributed by atoms with Gasteiger partial charge in [0.05, 0.1) is 16.5 Å². The summed E-state index contributed by atoms with van der Waals surface area (Å²) in [6.45, 7) is 3.79. The quantitative estimate of drug-likeness (QED) is 0.488. The number of nitrogens with one attached hydrogen (secondary N) is 1. The van der Waals surface area contributed by atoms with Crippen LogP contribution in [0.15, 0.2) is 42.7 Å². The molecule has 9 heteroatoms. The first-order valence-electron chi connectivity index (χ1n) is 9.94. The van der Waals surface area contributed by atoms with Crippen LogP contribution in [0.3, 0.4) is 0 Å². The summed E-state index contributed by atoms with van der Waals surface area (Å²) in [4.78, 5) is 25.7. The Kier molecular flexibility index (Phi) is 5.72. The minimum Gasteiger partial charge on any atom is -0.481 e. The SMILES string of the molecule is CC1(C)C[C@](O)(c2ncc(-c3cccc(Nc4cc(Cl)ccn4)n3)s2)CC[C@H]1C(=O)O. The summed E-state index contributed by atoms with van der Waals surface area (Å²) in [6.07, 6.45) is 4.45. The minimum atomic E-state index is -1.14. The molecule has 3 aromatic rings. The van der Waals surface area contributed by atoms with Crippen molar-refractivity contribution >= 4 is 40.5 Å². The summed E-state index contributed by atoms with van der Waals surface area (Å²) in [5.74, 6) is -0.0794. The number of aromatic nitrogens is 3. The molecule has 2 atom stereocenters. The number of aliphatic hydroxyl groups is 1. The lowest BCUT2D eigenvalue weighted by molar-refractivity contribution is -0.154. The van der Waals surface area contributed by atoms with Crippen molar-refractivity contribution in [1.82, 2.24) is 15.0 Å². The topological polar surface area (TPSA) is 108 Å². The Morgan fingerprint density at radius 3 is 2.77 bits per heavy atom. The third-order valence-corrected chi connectivity index (χ3v) is 7.17. The Balaban J connectivity index is 1.56. The number of aliphatic carboxylic acids is 1. The van der Waals surface area contributed by atoms with Gasteiger partial charge in [0.2, 0.25) is 0 Å². The van der Waals surface area contributed by atoms with Gasteiger partial charge in [0.15, 0.2) is 0 Å². The molecule has 7 nitrogen and oxygen atoms in total. The predicted molar refractivity (Wildman–Crippen MR) is 121 cm³/mol. The normalized spacial score (nSPS) is 22.8. The molecule has 1 saturated carbocycles. The number of carboxylic acids is 1. The molecular formula is C22H23ClN4O3S. The number of thiazole rings is 1. The fourth-order valence-electron chi connectivity index (χ4n) is 4.23. The zero-order valence-corrected chi connectivity index (χ0v) is 18.7. The highest BCUT2D eigenvalue weighted by molar-refractivity contribution is 7.15. The molecule has 1 aliphatic rings. The van der Waals surface area contributed by atoms with Crippen LogP contribution < -0.4 is 5.32 Å². The molecule has 0 spiro atoms. The van der Waals surface area contributed by atoms with Crippen LogP contribution in [-0.2, 0) is 10.4 Å². The predicted octanol–water partition coefficient (Wildman–Crippen LogP) is 5.10. The standard InChI is InChI=1S/C22H23ClN4O3S/c1-21(2)12-22(30,8-6-14(21)19(28)29)20-25-11-16(31-20)15-4-3-5-17(26-15)27-18-10-13(23)7-9-24-18/h3-5,7,9-11,14,30H,6,8,12H2,1-2H3,(H,28,29)(H,24,26,27)/t14-,22-/m0/s1. The van der Waals surface area contributed by atoms with Crippen molar-refractivity contribution in [3.05, 3.63) is 52.8 Å². The summed E-state index contributed by atoms with van der Waals surface area (Å²) >= 11 is 7.39. The zero-order valence-electron chi connectivity index (χ0n) is 17.2. The Bertz CT molecular complexity index is 1120. The van der Waals surface area contributed by atoms with Gasteiger partial charge >= 0.3 is 5.97 Å². The van der Waals surface area contributed by atoms with Crippen molar-refractivity contribution in [3.8, 4) is 10.6 Å². The molecule has 3 heterocycles. The average Bonchev–Trinajstić information content (AvgIpc) is 3.18. The summed E-state index contributed by atoms with van der Waals surface area (Å²) in [7, 11) is 0. The number of hydrogen-bond donors (Lipinski definition) is 3. The van der Waals surface area contributed by atoms with Gasteiger partial charge in [-0.15, -0.1) is 11.3 Å². The molecule has 0 aliphatic heterocycles. The van der Waals surface area contributed by atoms with Gasteiger partial charge in [-0.25, -0.2) is 15.0 Å². The van der Waals surface area contributed by atoms with Crippen LogP contribution in [0.4, 0.5) is 11.6 Å². The van der Waals surface area contributed by atoms with E-state index in [0.717, 1.165) is 10.6 Å². The molecular weight excluding hydrogens is 436 g/mol. The average molecular weight is 459 g/mol. The van der Waals surface area contributed by atoms with Crippen molar-refractivity contribution < 1.29 is 15.0 Å². The summed E-state index contributed by atoms with van der Waals surface area (Å²) < 4.78 is 0. The molecule has 4 rings (SSSR count). The van der Waals surface area contributed by atoms with Gasteiger partial charge in [-0.3, -0.25) is 4.79 Å². The van der Waals surface area contributed by atoms with E-state index in [1.165, 1.54) is 11.3 Å². The van der Waals surface area contributed by atoms with Crippen LogP contribution in [0.25, 0.3) is 10.6 Å². The van der Waals surface area contributed by atoms with Crippen molar-refractivity contribution in [3.63, 3.8) is 0 Å². The van der Waals surface area contributed by atoms with Crippen LogP contribution in [0.2, 0.25) is 5.02 Å². The van der Waals surface area contributed by atoms with E-state index < -0.39 is 22.9 Å². The number of halogens is 1. The maximum absolute atomic E-state index is 11.6. The molecule has 1 aliphatic carbocycles. The minimum absolute atomic E-state index is 0.347. The van der Waals surface area contributed by atoms with E-state index in [2.05, 4.69) is 20.3 Å². The summed E-state index contributed by atoms with van der Waals surface area (Å²) in [6, 6.07) is 9.00. The van der Waals surface area contributed by atoms with Gasteiger partial charge in [0.25, 0.3) is 0 Å². The van der Waals surface area contributed by atoms with Crippen LogP contribution in [-0.4, -0.2) is 31.1 Å². The zero-order chi connectivity index (χ0) is 22.2. The van der Waals surface area contributed by atoms with E-state index in [1.807, 2.05) is 32.0 Å². The second kappa shape index (κ2) is 8.18. The lowest BCUT2D eigenvalue weighted by Gasteiger charge is -2.44. The molecule has 1 fully saturated rings. The van der Waals surface area contributed by atoms with Gasteiger partial charge < -0.3 is 15.5 Å². The Morgan fingerprint density at radius 2 is 2.06 bits per heavy atom. The fourth-order valence-corrected chi connectivity index (χ4v) is 5.39. The Morgan fingerprint density at radius 1 is 1.26 bits per heavy atom. The molecule has 162 valence electrons. The lowest BCUT2D eigenvalue weighted by atomic mass is 9.63. The maximum Gasteiger partial charge on any atom is 0.307 e. The van der Waals surface area contributed by atoms with Crippen molar-refractivity contribution in [2.45, 2.75) is 38.7 Å². The lowest BCUT2D eigenvalue weighted by Crippen LogP contribution is -2.44. The highest BCUT2D eigenvalue weighted by Crippen LogP contribution is 2.50. The first kappa shape index (κ1) is 21.7. The second-order valence-electron chi connectivity index (χ2n) is 8.55. The first-order valence-corrected chi connectivity index (χ1v) is 11.1. The Hall–Kier alpha value is -2.55. The molecule has 0 aromatic carbocycles. The van der Waals surface area contributed by atoms with Crippen LogP contribution in [0.5, 0.6) is 0 Å². The van der Waals surface area contributed by atoms with Crippen molar-refractivity contribution in [1.29, 1.82) is 0 Å². The van der Waals surface area contributed by atoms with E-state index in [-0.39, 0.29) is 0 Å². The number of hydrogen-bond acceptors (Lipinski definition) is 7. The Labute approximate surface area is 189 Å². The second-order valence-corrected chi connectivity index (χ2v) is 10.0. The van der Waals surface area contributed by atoms with E-state index >= 15 is 0 Å². The van der Waals surface area contributed by atoms with Gasteiger partial charge in [-0.1, -0.05) is 31.5 Å². The number of pyridine rings is 2. The largest absolute Gasteiger partial charge is 0.481 e. The van der Waals surface area contributed by atoms with E-state index in [0.29, 0.717) is 40.9 Å². The molecule has 31 heavy (non-hydrogen) atoms. The molecule has 0 unspecified atom stereocenters. The number of carbonyl (C=O) groups is 1. The van der Waals surface area contributed by atoms with Crippen molar-refractivity contribution in [2.75, 3.05) is 5.32 Å². The summed E-state index contributed by atoms with van der Waals surface area (Å²) in [5.41, 5.74) is -0.951. The van der Waals surface area contributed by atoms with E-state index in [9.17, 15) is 15.0 Å². The van der Waals surface area contributed by atoms with Gasteiger partial charge in [-0.2, -0.15) is 0 Å². The van der Waals surface area contributed by atoms with Gasteiger partial charge in [0, 0.05) is 17.4 Å². The molecule has 3 N–H and O–H groups in total. The smallest absolute Gasteiger partial charge is 0.307 e. The van der Waals surface area contributed by atoms with Gasteiger partial charge in [0.1, 0.15) is 22.2 Å². The number of carboxylic acid groups (broad SMARTS) is 1. The van der Waals surface area contributed by atoms with Crippen molar-refractivity contribution in [2.24, 2.45) is 11.3 Å². The fraction of sp³-hybridized carbons (Fsp3) is 0.364.